The van der Waals surface area contributed by atoms with E-state index in [-0.39, 0.29) is 0 Å². The first-order valence-corrected chi connectivity index (χ1v) is 5.20. The van der Waals surface area contributed by atoms with E-state index in [0.717, 1.165) is 31.7 Å². The summed E-state index contributed by atoms with van der Waals surface area (Å²) in [6, 6.07) is 5.81. The molecule has 0 fully saturated rings. The Balaban J connectivity index is 2.44. The van der Waals surface area contributed by atoms with E-state index in [1.54, 1.807) is 0 Å². The highest BCUT2D eigenvalue weighted by Gasteiger charge is 2.00. The molecule has 0 aliphatic heterocycles. The van der Waals surface area contributed by atoms with Crippen molar-refractivity contribution in [3.63, 3.8) is 0 Å². The maximum absolute atomic E-state index is 5.61. The summed E-state index contributed by atoms with van der Waals surface area (Å²) in [5, 5.41) is 0. The van der Waals surface area contributed by atoms with Crippen LogP contribution in [0.1, 0.15) is 19.5 Å². The van der Waals surface area contributed by atoms with Gasteiger partial charge in [-0.2, -0.15) is 0 Å². The van der Waals surface area contributed by atoms with Crippen molar-refractivity contribution in [1.82, 2.24) is 9.88 Å². The van der Waals surface area contributed by atoms with Gasteiger partial charge in [-0.1, -0.05) is 19.9 Å². The van der Waals surface area contributed by atoms with Gasteiger partial charge in [0.25, 0.3) is 0 Å². The SMILES string of the molecule is CCN(CC)CCc1cccc(N)n1. The Morgan fingerprint density at radius 1 is 1.29 bits per heavy atom. The van der Waals surface area contributed by atoms with Gasteiger partial charge >= 0.3 is 0 Å². The summed E-state index contributed by atoms with van der Waals surface area (Å²) in [4.78, 5) is 6.64. The standard InChI is InChI=1S/C11H19N3/c1-3-14(4-2)9-8-10-6-5-7-11(12)13-10/h5-7H,3-4,8-9H2,1-2H3,(H2,12,13). The fourth-order valence-electron chi connectivity index (χ4n) is 1.45. The lowest BCUT2D eigenvalue weighted by Gasteiger charge is -2.17. The zero-order valence-electron chi connectivity index (χ0n) is 9.03. The van der Waals surface area contributed by atoms with Crippen LogP contribution in [0.5, 0.6) is 0 Å². The molecule has 1 rings (SSSR count). The smallest absolute Gasteiger partial charge is 0.123 e. The summed E-state index contributed by atoms with van der Waals surface area (Å²) in [5.41, 5.74) is 6.69. The van der Waals surface area contributed by atoms with Crippen LogP contribution in [-0.4, -0.2) is 29.5 Å². The van der Waals surface area contributed by atoms with Crippen LogP contribution in [0.15, 0.2) is 18.2 Å². The molecule has 14 heavy (non-hydrogen) atoms. The first-order valence-electron chi connectivity index (χ1n) is 5.20. The largest absolute Gasteiger partial charge is 0.384 e. The van der Waals surface area contributed by atoms with Crippen molar-refractivity contribution in [2.45, 2.75) is 20.3 Å². The van der Waals surface area contributed by atoms with Crippen molar-refractivity contribution >= 4 is 5.82 Å². The lowest BCUT2D eigenvalue weighted by Crippen LogP contribution is -2.25. The van der Waals surface area contributed by atoms with Crippen LogP contribution in [0.4, 0.5) is 5.82 Å². The van der Waals surface area contributed by atoms with Gasteiger partial charge in [0.15, 0.2) is 0 Å². The average Bonchev–Trinajstić information content (AvgIpc) is 2.19. The molecule has 2 N–H and O–H groups in total. The van der Waals surface area contributed by atoms with Crippen LogP contribution >= 0.6 is 0 Å². The van der Waals surface area contributed by atoms with E-state index in [1.807, 2.05) is 18.2 Å². The molecule has 0 unspecified atom stereocenters. The number of nitrogens with zero attached hydrogens (tertiary/aromatic N) is 2. The van der Waals surface area contributed by atoms with Gasteiger partial charge in [0, 0.05) is 18.7 Å². The first kappa shape index (κ1) is 11.0. The maximum atomic E-state index is 5.61. The van der Waals surface area contributed by atoms with Gasteiger partial charge in [0.1, 0.15) is 5.82 Å². The zero-order valence-corrected chi connectivity index (χ0v) is 9.03. The molecule has 0 spiro atoms. The molecule has 1 aromatic rings. The van der Waals surface area contributed by atoms with E-state index < -0.39 is 0 Å². The molecule has 0 aliphatic carbocycles. The second-order valence-corrected chi connectivity index (χ2v) is 3.33. The van der Waals surface area contributed by atoms with E-state index in [4.69, 9.17) is 5.73 Å². The lowest BCUT2D eigenvalue weighted by atomic mass is 10.2. The molecule has 0 atom stereocenters. The summed E-state index contributed by atoms with van der Waals surface area (Å²) >= 11 is 0. The Kier molecular flexibility index (Phi) is 4.40. The summed E-state index contributed by atoms with van der Waals surface area (Å²) < 4.78 is 0. The minimum atomic E-state index is 0.613. The number of aromatic nitrogens is 1. The van der Waals surface area contributed by atoms with Gasteiger partial charge < -0.3 is 10.6 Å². The molecule has 78 valence electrons. The van der Waals surface area contributed by atoms with Gasteiger partial charge in [-0.3, -0.25) is 0 Å². The van der Waals surface area contributed by atoms with Crippen LogP contribution < -0.4 is 5.73 Å². The number of likely N-dealkylation sites (N-methyl/N-ethyl adjacent to an activating group) is 1. The summed E-state index contributed by atoms with van der Waals surface area (Å²) in [6.07, 6.45) is 0.979. The Morgan fingerprint density at radius 2 is 2.00 bits per heavy atom. The summed E-state index contributed by atoms with van der Waals surface area (Å²) in [5.74, 6) is 0.613. The van der Waals surface area contributed by atoms with Crippen LogP contribution in [0.25, 0.3) is 0 Å². The average molecular weight is 193 g/mol. The van der Waals surface area contributed by atoms with E-state index in [9.17, 15) is 0 Å². The third kappa shape index (κ3) is 3.34. The van der Waals surface area contributed by atoms with Gasteiger partial charge in [0.2, 0.25) is 0 Å². The molecular formula is C11H19N3. The van der Waals surface area contributed by atoms with Crippen LogP contribution in [-0.2, 0) is 6.42 Å². The fourth-order valence-corrected chi connectivity index (χ4v) is 1.45. The Hall–Kier alpha value is -1.09. The number of nitrogen functional groups attached to an aromatic ring is 1. The number of anilines is 1. The van der Waals surface area contributed by atoms with Crippen LogP contribution in [0.3, 0.4) is 0 Å². The Labute approximate surface area is 85.9 Å². The number of pyridine rings is 1. The Bertz CT molecular complexity index is 269. The highest BCUT2D eigenvalue weighted by atomic mass is 15.1. The maximum Gasteiger partial charge on any atom is 0.123 e. The molecule has 1 heterocycles. The first-order chi connectivity index (χ1) is 6.76. The Morgan fingerprint density at radius 3 is 2.57 bits per heavy atom. The second kappa shape index (κ2) is 5.60. The van der Waals surface area contributed by atoms with Gasteiger partial charge in [0.05, 0.1) is 0 Å². The highest BCUT2D eigenvalue weighted by Crippen LogP contribution is 2.02. The minimum absolute atomic E-state index is 0.613. The number of rotatable bonds is 5. The van der Waals surface area contributed by atoms with E-state index in [1.165, 1.54) is 0 Å². The van der Waals surface area contributed by atoms with Gasteiger partial charge in [-0.05, 0) is 25.2 Å². The molecule has 3 heteroatoms. The van der Waals surface area contributed by atoms with E-state index >= 15 is 0 Å². The molecule has 0 aliphatic rings. The molecule has 3 nitrogen and oxygen atoms in total. The summed E-state index contributed by atoms with van der Waals surface area (Å²) in [7, 11) is 0. The quantitative estimate of drug-likeness (QED) is 0.771. The normalized spacial score (nSPS) is 10.8. The van der Waals surface area contributed by atoms with E-state index in [0.29, 0.717) is 5.82 Å². The predicted molar refractivity (Wildman–Crippen MR) is 60.1 cm³/mol. The molecule has 1 aromatic heterocycles. The van der Waals surface area contributed by atoms with Gasteiger partial charge in [-0.15, -0.1) is 0 Å². The van der Waals surface area contributed by atoms with Crippen molar-refractivity contribution in [3.8, 4) is 0 Å². The second-order valence-electron chi connectivity index (χ2n) is 3.33. The molecule has 0 amide bonds. The lowest BCUT2D eigenvalue weighted by molar-refractivity contribution is 0.307. The van der Waals surface area contributed by atoms with Crippen molar-refractivity contribution in [2.75, 3.05) is 25.4 Å². The third-order valence-corrected chi connectivity index (χ3v) is 2.41. The van der Waals surface area contributed by atoms with Crippen molar-refractivity contribution in [1.29, 1.82) is 0 Å². The van der Waals surface area contributed by atoms with Crippen LogP contribution in [0, 0.1) is 0 Å². The van der Waals surface area contributed by atoms with E-state index in [2.05, 4.69) is 23.7 Å². The van der Waals surface area contributed by atoms with Gasteiger partial charge in [-0.25, -0.2) is 4.98 Å². The molecule has 0 radical (unpaired) electrons. The molecule has 0 saturated heterocycles. The van der Waals surface area contributed by atoms with Crippen molar-refractivity contribution in [2.24, 2.45) is 0 Å². The number of nitrogens with two attached hydrogens (primary N) is 1. The topological polar surface area (TPSA) is 42.1 Å². The van der Waals surface area contributed by atoms with Crippen molar-refractivity contribution < 1.29 is 0 Å². The van der Waals surface area contributed by atoms with Crippen molar-refractivity contribution in [3.05, 3.63) is 23.9 Å². The highest BCUT2D eigenvalue weighted by molar-refractivity contribution is 5.28. The number of hydrogen-bond donors (Lipinski definition) is 1. The van der Waals surface area contributed by atoms with Crippen LogP contribution in [0.2, 0.25) is 0 Å². The predicted octanol–water partition coefficient (Wildman–Crippen LogP) is 1.55. The third-order valence-electron chi connectivity index (χ3n) is 2.41. The zero-order chi connectivity index (χ0) is 10.4. The molecule has 0 aromatic carbocycles. The fraction of sp³-hybridized carbons (Fsp3) is 0.545. The monoisotopic (exact) mass is 193 g/mol. The molecule has 0 saturated carbocycles. The summed E-state index contributed by atoms with van der Waals surface area (Å²) in [6.45, 7) is 7.60. The number of hydrogen-bond acceptors (Lipinski definition) is 3. The molecular weight excluding hydrogens is 174 g/mol. The minimum Gasteiger partial charge on any atom is -0.384 e. The molecule has 0 bridgehead atoms.